The molecule has 0 bridgehead atoms. The lowest BCUT2D eigenvalue weighted by molar-refractivity contribution is -0.124. The van der Waals surface area contributed by atoms with E-state index in [2.05, 4.69) is 25.7 Å². The Morgan fingerprint density at radius 1 is 1.07 bits per heavy atom. The summed E-state index contributed by atoms with van der Waals surface area (Å²) in [6.07, 6.45) is 4.19. The van der Waals surface area contributed by atoms with Gasteiger partial charge < -0.3 is 5.32 Å². The van der Waals surface area contributed by atoms with Crippen molar-refractivity contribution < 1.29 is 13.2 Å². The van der Waals surface area contributed by atoms with Crippen molar-refractivity contribution in [2.75, 3.05) is 0 Å². The first-order valence-corrected chi connectivity index (χ1v) is 12.3. The number of carbonyl (C=O) groups excluding carboxylic acids is 1. The molecule has 1 aliphatic rings. The Kier molecular flexibility index (Phi) is 6.12. The Morgan fingerprint density at radius 3 is 2.60 bits per heavy atom. The van der Waals surface area contributed by atoms with Crippen LogP contribution < -0.4 is 10.0 Å². The standard InChI is InChI=1S/C21H24N4O3S2/c1-14-8-5-6-11-16(14)22-21(26)19(15-9-3-2-4-10-15)25-30(27,28)18-13-7-12-17-20(18)24-29-23-17/h2-4,7,9-10,12-14,16,19,25H,5-6,8,11H2,1H3,(H,22,26)/t14-,16+,19+/m1/s1. The summed E-state index contributed by atoms with van der Waals surface area (Å²) in [4.78, 5) is 13.2. The number of carbonyl (C=O) groups is 1. The van der Waals surface area contributed by atoms with Gasteiger partial charge in [0.25, 0.3) is 0 Å². The number of nitrogens with one attached hydrogen (secondary N) is 2. The van der Waals surface area contributed by atoms with Gasteiger partial charge in [-0.1, -0.05) is 56.2 Å². The van der Waals surface area contributed by atoms with Crippen molar-refractivity contribution in [2.45, 2.75) is 49.6 Å². The van der Waals surface area contributed by atoms with E-state index in [0.29, 0.717) is 22.5 Å². The molecule has 0 aliphatic heterocycles. The molecule has 30 heavy (non-hydrogen) atoms. The van der Waals surface area contributed by atoms with Crippen LogP contribution in [0.4, 0.5) is 0 Å². The molecule has 1 heterocycles. The maximum atomic E-state index is 13.2. The lowest BCUT2D eigenvalue weighted by Gasteiger charge is -2.31. The monoisotopic (exact) mass is 444 g/mol. The molecular formula is C21H24N4O3S2. The van der Waals surface area contributed by atoms with Crippen LogP contribution in [0.5, 0.6) is 0 Å². The van der Waals surface area contributed by atoms with Crippen molar-refractivity contribution in [1.29, 1.82) is 0 Å². The number of aromatic nitrogens is 2. The zero-order valence-corrected chi connectivity index (χ0v) is 18.2. The second kappa shape index (κ2) is 8.79. The summed E-state index contributed by atoms with van der Waals surface area (Å²) in [5.74, 6) is 0.0256. The highest BCUT2D eigenvalue weighted by molar-refractivity contribution is 7.89. The summed E-state index contributed by atoms with van der Waals surface area (Å²) in [6, 6.07) is 12.7. The Balaban J connectivity index is 1.65. The Hall–Kier alpha value is -2.36. The molecule has 0 unspecified atom stereocenters. The summed E-state index contributed by atoms with van der Waals surface area (Å²) >= 11 is 0.957. The molecule has 0 saturated heterocycles. The summed E-state index contributed by atoms with van der Waals surface area (Å²) in [5, 5.41) is 3.08. The zero-order valence-electron chi connectivity index (χ0n) is 16.6. The van der Waals surface area contributed by atoms with Crippen molar-refractivity contribution in [3.8, 4) is 0 Å². The van der Waals surface area contributed by atoms with E-state index in [9.17, 15) is 13.2 Å². The molecule has 0 spiro atoms. The van der Waals surface area contributed by atoms with Gasteiger partial charge in [0, 0.05) is 6.04 Å². The molecule has 9 heteroatoms. The first-order chi connectivity index (χ1) is 14.5. The number of hydrogen-bond acceptors (Lipinski definition) is 6. The second-order valence-electron chi connectivity index (χ2n) is 7.73. The van der Waals surface area contributed by atoms with Gasteiger partial charge in [-0.25, -0.2) is 8.42 Å². The predicted molar refractivity (Wildman–Crippen MR) is 116 cm³/mol. The number of rotatable bonds is 6. The molecule has 1 aliphatic carbocycles. The average molecular weight is 445 g/mol. The minimum atomic E-state index is -4.01. The van der Waals surface area contributed by atoms with E-state index in [4.69, 9.17) is 0 Å². The van der Waals surface area contributed by atoms with Crippen molar-refractivity contribution in [1.82, 2.24) is 18.8 Å². The molecule has 7 nitrogen and oxygen atoms in total. The van der Waals surface area contributed by atoms with Gasteiger partial charge >= 0.3 is 0 Å². The fraction of sp³-hybridized carbons (Fsp3) is 0.381. The van der Waals surface area contributed by atoms with Gasteiger partial charge in [-0.05, 0) is 36.5 Å². The molecule has 3 atom stereocenters. The summed E-state index contributed by atoms with van der Waals surface area (Å²) in [5.41, 5.74) is 1.41. The highest BCUT2D eigenvalue weighted by Gasteiger charge is 2.31. The quantitative estimate of drug-likeness (QED) is 0.607. The summed E-state index contributed by atoms with van der Waals surface area (Å²) in [7, 11) is -4.01. The second-order valence-corrected chi connectivity index (χ2v) is 9.94. The number of nitrogens with zero attached hydrogens (tertiary/aromatic N) is 2. The zero-order chi connectivity index (χ0) is 21.1. The lowest BCUT2D eigenvalue weighted by atomic mass is 9.85. The Labute approximate surface area is 180 Å². The molecule has 158 valence electrons. The van der Waals surface area contributed by atoms with Crippen LogP contribution in [-0.4, -0.2) is 29.1 Å². The number of fused-ring (bicyclic) bond motifs is 1. The maximum absolute atomic E-state index is 13.2. The van der Waals surface area contributed by atoms with Crippen molar-refractivity contribution in [2.24, 2.45) is 5.92 Å². The molecule has 1 amide bonds. The van der Waals surface area contributed by atoms with Gasteiger partial charge in [0.05, 0.1) is 11.7 Å². The van der Waals surface area contributed by atoms with E-state index in [0.717, 1.165) is 37.4 Å². The van der Waals surface area contributed by atoms with Crippen LogP contribution in [0.25, 0.3) is 11.0 Å². The van der Waals surface area contributed by atoms with E-state index in [-0.39, 0.29) is 16.8 Å². The number of hydrogen-bond donors (Lipinski definition) is 2. The fourth-order valence-electron chi connectivity index (χ4n) is 3.93. The Morgan fingerprint density at radius 2 is 1.83 bits per heavy atom. The van der Waals surface area contributed by atoms with E-state index in [1.165, 1.54) is 6.07 Å². The third-order valence-electron chi connectivity index (χ3n) is 5.65. The highest BCUT2D eigenvalue weighted by Crippen LogP contribution is 2.26. The lowest BCUT2D eigenvalue weighted by Crippen LogP contribution is -2.47. The first kappa shape index (κ1) is 20.9. The first-order valence-electron chi connectivity index (χ1n) is 10.0. The highest BCUT2D eigenvalue weighted by atomic mass is 32.2. The van der Waals surface area contributed by atoms with Crippen LogP contribution >= 0.6 is 11.7 Å². The molecule has 3 aromatic rings. The van der Waals surface area contributed by atoms with Crippen LogP contribution in [0.1, 0.15) is 44.2 Å². The van der Waals surface area contributed by atoms with Crippen LogP contribution in [0, 0.1) is 5.92 Å². The van der Waals surface area contributed by atoms with Gasteiger partial charge in [0.15, 0.2) is 0 Å². The minimum Gasteiger partial charge on any atom is -0.351 e. The van der Waals surface area contributed by atoms with Crippen molar-refractivity contribution >= 4 is 38.7 Å². The van der Waals surface area contributed by atoms with Crippen LogP contribution in [0.3, 0.4) is 0 Å². The number of amides is 1. The largest absolute Gasteiger partial charge is 0.351 e. The van der Waals surface area contributed by atoms with Gasteiger partial charge in [0.2, 0.25) is 15.9 Å². The summed E-state index contributed by atoms with van der Waals surface area (Å²) < 4.78 is 37.3. The van der Waals surface area contributed by atoms with Gasteiger partial charge in [0.1, 0.15) is 22.0 Å². The smallest absolute Gasteiger partial charge is 0.243 e. The fourth-order valence-corrected chi connectivity index (χ4v) is 5.88. The average Bonchev–Trinajstić information content (AvgIpc) is 3.23. The molecule has 1 saturated carbocycles. The van der Waals surface area contributed by atoms with Crippen LogP contribution in [0.15, 0.2) is 53.4 Å². The van der Waals surface area contributed by atoms with Gasteiger partial charge in [-0.15, -0.1) is 0 Å². The molecule has 1 fully saturated rings. The molecule has 1 aromatic heterocycles. The van der Waals surface area contributed by atoms with Crippen LogP contribution in [0.2, 0.25) is 0 Å². The van der Waals surface area contributed by atoms with Crippen molar-refractivity contribution in [3.05, 3.63) is 54.1 Å². The molecular weight excluding hydrogens is 420 g/mol. The number of benzene rings is 2. The predicted octanol–water partition coefficient (Wildman–Crippen LogP) is 3.41. The normalized spacial score (nSPS) is 20.7. The summed E-state index contributed by atoms with van der Waals surface area (Å²) in [6.45, 7) is 2.13. The SMILES string of the molecule is C[C@@H]1CCCC[C@@H]1NC(=O)[C@@H](NS(=O)(=O)c1cccc2nsnc12)c1ccccc1. The third-order valence-corrected chi connectivity index (χ3v) is 7.64. The van der Waals surface area contributed by atoms with E-state index >= 15 is 0 Å². The molecule has 2 aromatic carbocycles. The van der Waals surface area contributed by atoms with Crippen LogP contribution in [-0.2, 0) is 14.8 Å². The van der Waals surface area contributed by atoms with Gasteiger partial charge in [-0.2, -0.15) is 13.5 Å². The molecule has 4 rings (SSSR count). The van der Waals surface area contributed by atoms with E-state index < -0.39 is 16.1 Å². The van der Waals surface area contributed by atoms with E-state index in [1.54, 1.807) is 36.4 Å². The molecule has 2 N–H and O–H groups in total. The van der Waals surface area contributed by atoms with Crippen molar-refractivity contribution in [3.63, 3.8) is 0 Å². The van der Waals surface area contributed by atoms with E-state index in [1.807, 2.05) is 6.07 Å². The third kappa shape index (κ3) is 4.38. The minimum absolute atomic E-state index is 0.0218. The maximum Gasteiger partial charge on any atom is 0.243 e. The number of sulfonamides is 1. The Bertz CT molecular complexity index is 1130. The molecule has 0 radical (unpaired) electrons. The topological polar surface area (TPSA) is 101 Å². The van der Waals surface area contributed by atoms with Gasteiger partial charge in [-0.3, -0.25) is 4.79 Å².